The Morgan fingerprint density at radius 2 is 0.516 bits per heavy atom. The largest absolute Gasteiger partial charge is 0.472 e. The van der Waals surface area contributed by atoms with E-state index in [2.05, 4.69) is 55.4 Å². The highest BCUT2D eigenvalue weighted by Gasteiger charge is 2.30. The van der Waals surface area contributed by atoms with Crippen LogP contribution in [-0.2, 0) is 65.4 Å². The van der Waals surface area contributed by atoms with E-state index < -0.39 is 97.5 Å². The molecule has 0 saturated carbocycles. The molecule has 0 fully saturated rings. The maximum atomic E-state index is 13.1. The first-order valence-corrected chi connectivity index (χ1v) is 41.3. The van der Waals surface area contributed by atoms with Gasteiger partial charge in [0.25, 0.3) is 0 Å². The van der Waals surface area contributed by atoms with E-state index in [-0.39, 0.29) is 25.7 Å². The molecule has 0 aromatic rings. The van der Waals surface area contributed by atoms with Crippen molar-refractivity contribution in [1.82, 2.24) is 0 Å². The highest BCUT2D eigenvalue weighted by atomic mass is 31.2. The summed E-state index contributed by atoms with van der Waals surface area (Å²) in [5.41, 5.74) is 0. The summed E-state index contributed by atoms with van der Waals surface area (Å²) in [6, 6.07) is 0. The average molecular weight is 1370 g/mol. The van der Waals surface area contributed by atoms with Gasteiger partial charge < -0.3 is 33.8 Å². The number of hydrogen-bond acceptors (Lipinski definition) is 15. The lowest BCUT2D eigenvalue weighted by Gasteiger charge is -2.21. The van der Waals surface area contributed by atoms with Crippen molar-refractivity contribution in [2.24, 2.45) is 23.7 Å². The van der Waals surface area contributed by atoms with Crippen molar-refractivity contribution in [3.8, 4) is 0 Å². The molecule has 0 aliphatic rings. The van der Waals surface area contributed by atoms with Crippen LogP contribution in [0.1, 0.15) is 370 Å². The topological polar surface area (TPSA) is 237 Å². The number of aliphatic hydroxyl groups is 1. The maximum Gasteiger partial charge on any atom is 0.472 e. The number of phosphoric ester groups is 2. The summed E-state index contributed by atoms with van der Waals surface area (Å²) in [5, 5.41) is 10.6. The van der Waals surface area contributed by atoms with Crippen molar-refractivity contribution in [1.29, 1.82) is 0 Å². The molecule has 0 aliphatic heterocycles. The van der Waals surface area contributed by atoms with Gasteiger partial charge >= 0.3 is 39.5 Å². The summed E-state index contributed by atoms with van der Waals surface area (Å²) >= 11 is 0. The molecule has 0 radical (unpaired) electrons. The Hall–Kier alpha value is -1.94. The molecule has 0 amide bonds. The van der Waals surface area contributed by atoms with Crippen LogP contribution < -0.4 is 0 Å². The van der Waals surface area contributed by atoms with Crippen molar-refractivity contribution in [3.05, 3.63) is 0 Å². The van der Waals surface area contributed by atoms with E-state index in [1.165, 1.54) is 167 Å². The monoisotopic (exact) mass is 1370 g/mol. The second kappa shape index (κ2) is 63.5. The molecule has 0 bridgehead atoms. The zero-order valence-electron chi connectivity index (χ0n) is 60.9. The molecule has 0 aliphatic carbocycles. The predicted molar refractivity (Wildman–Crippen MR) is 377 cm³/mol. The van der Waals surface area contributed by atoms with Gasteiger partial charge in [-0.1, -0.05) is 319 Å². The molecular formula is C74H144O17P2. The molecule has 0 spiro atoms. The average Bonchev–Trinajstić information content (AvgIpc) is 2.47. The molecule has 17 nitrogen and oxygen atoms in total. The number of esters is 4. The Bertz CT molecular complexity index is 1840. The highest BCUT2D eigenvalue weighted by molar-refractivity contribution is 7.47. The predicted octanol–water partition coefficient (Wildman–Crippen LogP) is 21.3. The van der Waals surface area contributed by atoms with Crippen LogP contribution in [0.4, 0.5) is 0 Å². The van der Waals surface area contributed by atoms with Gasteiger partial charge in [0.1, 0.15) is 19.3 Å². The van der Waals surface area contributed by atoms with Crippen LogP contribution in [0, 0.1) is 23.7 Å². The van der Waals surface area contributed by atoms with E-state index in [1.54, 1.807) is 0 Å². The fraction of sp³-hybridized carbons (Fsp3) is 0.946. The first-order chi connectivity index (χ1) is 44.7. The molecule has 93 heavy (non-hydrogen) atoms. The van der Waals surface area contributed by atoms with E-state index in [4.69, 9.17) is 37.0 Å². The summed E-state index contributed by atoms with van der Waals surface area (Å²) in [5.74, 6) is 0.945. The number of unbranched alkanes of at least 4 members (excludes halogenated alkanes) is 35. The Morgan fingerprint density at radius 1 is 0.301 bits per heavy atom. The molecule has 0 saturated heterocycles. The Labute approximate surface area is 568 Å². The zero-order valence-corrected chi connectivity index (χ0v) is 62.7. The summed E-state index contributed by atoms with van der Waals surface area (Å²) in [6.45, 7) is 14.2. The molecule has 552 valence electrons. The third kappa shape index (κ3) is 65.8. The number of carbonyl (C=O) groups is 4. The fourth-order valence-electron chi connectivity index (χ4n) is 11.1. The fourth-order valence-corrected chi connectivity index (χ4v) is 12.7. The molecule has 0 heterocycles. The van der Waals surface area contributed by atoms with E-state index in [0.717, 1.165) is 120 Å². The third-order valence-corrected chi connectivity index (χ3v) is 19.7. The van der Waals surface area contributed by atoms with Crippen molar-refractivity contribution in [2.45, 2.75) is 388 Å². The van der Waals surface area contributed by atoms with Crippen LogP contribution in [0.2, 0.25) is 0 Å². The van der Waals surface area contributed by atoms with Crippen molar-refractivity contribution >= 4 is 39.5 Å². The number of phosphoric acid groups is 2. The molecule has 0 aromatic carbocycles. The Kier molecular flexibility index (Phi) is 62.2. The standard InChI is InChI=1S/C74H144O17P2/c1-9-66(7)52-44-36-28-22-17-18-24-30-40-48-56-73(78)90-69(60-84-71(76)54-46-38-29-23-16-14-12-11-13-15-20-26-34-42-50-64(3)4)62-88-92(80,81)86-58-68(75)59-87-93(82,83)89-63-70(61-85-72(77)55-47-39-33-32-37-45-53-67(8)10-2)91-74(79)57-49-41-31-25-19-21-27-35-43-51-65(5)6/h64-70,75H,9-63H2,1-8H3,(H,80,81)(H,82,83)/t66?,67?,68-,69-,70-/m1/s1. The van der Waals surface area contributed by atoms with Gasteiger partial charge in [0.15, 0.2) is 12.2 Å². The number of ether oxygens (including phenoxy) is 4. The smallest absolute Gasteiger partial charge is 0.462 e. The van der Waals surface area contributed by atoms with E-state index in [1.807, 2.05) is 0 Å². The van der Waals surface area contributed by atoms with Crippen molar-refractivity contribution < 1.29 is 80.2 Å². The molecule has 7 atom stereocenters. The molecular weight excluding hydrogens is 1220 g/mol. The third-order valence-electron chi connectivity index (χ3n) is 17.8. The van der Waals surface area contributed by atoms with Crippen LogP contribution >= 0.6 is 15.6 Å². The van der Waals surface area contributed by atoms with Gasteiger partial charge in [-0.05, 0) is 49.4 Å². The van der Waals surface area contributed by atoms with E-state index in [0.29, 0.717) is 25.7 Å². The minimum Gasteiger partial charge on any atom is -0.462 e. The van der Waals surface area contributed by atoms with Crippen LogP contribution in [0.25, 0.3) is 0 Å². The lowest BCUT2D eigenvalue weighted by molar-refractivity contribution is -0.161. The van der Waals surface area contributed by atoms with Gasteiger partial charge in [0.2, 0.25) is 0 Å². The summed E-state index contributed by atoms with van der Waals surface area (Å²) in [7, 11) is -9.91. The first kappa shape index (κ1) is 91.1. The molecule has 3 N–H and O–H groups in total. The minimum atomic E-state index is -4.96. The zero-order chi connectivity index (χ0) is 68.9. The normalized spacial score (nSPS) is 14.8. The van der Waals surface area contributed by atoms with Gasteiger partial charge in [-0.15, -0.1) is 0 Å². The lowest BCUT2D eigenvalue weighted by atomic mass is 9.99. The highest BCUT2D eigenvalue weighted by Crippen LogP contribution is 2.45. The van der Waals surface area contributed by atoms with Crippen LogP contribution in [0.5, 0.6) is 0 Å². The molecule has 19 heteroatoms. The van der Waals surface area contributed by atoms with E-state index in [9.17, 15) is 43.2 Å². The van der Waals surface area contributed by atoms with Gasteiger partial charge in [0, 0.05) is 25.7 Å². The second-order valence-electron chi connectivity index (χ2n) is 28.1. The van der Waals surface area contributed by atoms with Gasteiger partial charge in [-0.25, -0.2) is 9.13 Å². The van der Waals surface area contributed by atoms with Gasteiger partial charge in [-0.2, -0.15) is 0 Å². The number of aliphatic hydroxyl groups excluding tert-OH is 1. The number of carbonyl (C=O) groups excluding carboxylic acids is 4. The number of rotatable bonds is 71. The minimum absolute atomic E-state index is 0.104. The Morgan fingerprint density at radius 3 is 0.763 bits per heavy atom. The Balaban J connectivity index is 5.25. The lowest BCUT2D eigenvalue weighted by Crippen LogP contribution is -2.30. The maximum absolute atomic E-state index is 13.1. The van der Waals surface area contributed by atoms with Crippen LogP contribution in [-0.4, -0.2) is 96.7 Å². The SMILES string of the molecule is CCC(C)CCCCCCCCCCCCC(=O)O[C@H](COC(=O)CCCCCCCCCCCCCCCCC(C)C)COP(=O)(O)OC[C@@H](O)COP(=O)(O)OC[C@@H](COC(=O)CCCCCCCCC(C)CC)OC(=O)CCCCCCCCCCCC(C)C. The summed E-state index contributed by atoms with van der Waals surface area (Å²) in [4.78, 5) is 72.7. The summed E-state index contributed by atoms with van der Waals surface area (Å²) in [6.07, 6.45) is 47.1. The van der Waals surface area contributed by atoms with Crippen molar-refractivity contribution in [2.75, 3.05) is 39.6 Å². The first-order valence-electron chi connectivity index (χ1n) is 38.3. The molecule has 0 aromatic heterocycles. The molecule has 4 unspecified atom stereocenters. The van der Waals surface area contributed by atoms with Crippen molar-refractivity contribution in [3.63, 3.8) is 0 Å². The van der Waals surface area contributed by atoms with Gasteiger partial charge in [0.05, 0.1) is 26.4 Å². The number of hydrogen-bond donors (Lipinski definition) is 3. The van der Waals surface area contributed by atoms with Crippen LogP contribution in [0.3, 0.4) is 0 Å². The van der Waals surface area contributed by atoms with E-state index >= 15 is 0 Å². The second-order valence-corrected chi connectivity index (χ2v) is 31.0. The van der Waals surface area contributed by atoms with Crippen LogP contribution in [0.15, 0.2) is 0 Å². The molecule has 0 rings (SSSR count). The summed E-state index contributed by atoms with van der Waals surface area (Å²) < 4.78 is 68.4. The van der Waals surface area contributed by atoms with Gasteiger partial charge in [-0.3, -0.25) is 37.3 Å². The quantitative estimate of drug-likeness (QED) is 0.0222.